The molecule has 0 bridgehead atoms. The van der Waals surface area contributed by atoms with Crippen LogP contribution < -0.4 is 5.32 Å². The molecule has 1 aliphatic carbocycles. The van der Waals surface area contributed by atoms with Gasteiger partial charge < -0.3 is 10.2 Å². The molecule has 2 unspecified atom stereocenters. The second-order valence-electron chi connectivity index (χ2n) is 9.69. The van der Waals surface area contributed by atoms with Crippen molar-refractivity contribution in [3.63, 3.8) is 0 Å². The van der Waals surface area contributed by atoms with Gasteiger partial charge in [0.15, 0.2) is 0 Å². The van der Waals surface area contributed by atoms with Crippen molar-refractivity contribution in [3.05, 3.63) is 112 Å². The Bertz CT molecular complexity index is 1260. The third-order valence-electron chi connectivity index (χ3n) is 7.10. The fourth-order valence-electron chi connectivity index (χ4n) is 5.10. The molecule has 2 fully saturated rings. The highest BCUT2D eigenvalue weighted by Crippen LogP contribution is 2.42. The molecule has 6 heteroatoms. The van der Waals surface area contributed by atoms with Gasteiger partial charge in [0, 0.05) is 29.9 Å². The Kier molecular flexibility index (Phi) is 8.05. The Morgan fingerprint density at radius 2 is 1.68 bits per heavy atom. The summed E-state index contributed by atoms with van der Waals surface area (Å²) in [6.07, 6.45) is 7.12. The van der Waals surface area contributed by atoms with Gasteiger partial charge in [-0.25, -0.2) is 4.39 Å². The van der Waals surface area contributed by atoms with Crippen LogP contribution in [0.2, 0.25) is 0 Å². The number of nitrogens with one attached hydrogen (secondary N) is 1. The zero-order chi connectivity index (χ0) is 25.6. The minimum Gasteiger partial charge on any atom is -0.352 e. The van der Waals surface area contributed by atoms with Crippen LogP contribution in [0, 0.1) is 5.82 Å². The zero-order valence-electron chi connectivity index (χ0n) is 20.7. The van der Waals surface area contributed by atoms with Crippen LogP contribution in [0.5, 0.6) is 0 Å². The monoisotopic (exact) mass is 514 g/mol. The molecule has 5 rings (SSSR count). The Balaban J connectivity index is 1.26. The van der Waals surface area contributed by atoms with E-state index >= 15 is 0 Å². The number of carbonyl (C=O) groups is 2. The number of rotatable bonds is 7. The Morgan fingerprint density at radius 1 is 0.946 bits per heavy atom. The first-order chi connectivity index (χ1) is 18.1. The maximum absolute atomic E-state index is 13.6. The van der Waals surface area contributed by atoms with E-state index in [-0.39, 0.29) is 23.7 Å². The molecule has 1 N–H and O–H groups in total. The summed E-state index contributed by atoms with van der Waals surface area (Å²) in [4.78, 5) is 28.8. The van der Waals surface area contributed by atoms with Crippen molar-refractivity contribution in [1.29, 1.82) is 0 Å². The highest BCUT2D eigenvalue weighted by atomic mass is 32.2. The molecule has 3 aromatic carbocycles. The molecular formula is C31H31FN2O2S. The van der Waals surface area contributed by atoms with Crippen molar-refractivity contribution in [3.8, 4) is 0 Å². The van der Waals surface area contributed by atoms with Crippen molar-refractivity contribution in [2.75, 3.05) is 6.54 Å². The van der Waals surface area contributed by atoms with Gasteiger partial charge in [0.25, 0.3) is 11.8 Å². The lowest BCUT2D eigenvalue weighted by atomic mass is 9.92. The molecule has 0 spiro atoms. The van der Waals surface area contributed by atoms with E-state index in [1.807, 2.05) is 53.4 Å². The molecule has 3 aromatic rings. The SMILES string of the molecule is O=C(NCCc1ccccc1)c1ccc(/C=C2\SC3CCCCC3N(Cc3ccc(F)cc3)C2=O)cc1. The highest BCUT2D eigenvalue weighted by Gasteiger charge is 2.40. The molecule has 1 saturated carbocycles. The number of amides is 2. The first kappa shape index (κ1) is 25.3. The number of hydrogen-bond acceptors (Lipinski definition) is 3. The molecule has 4 nitrogen and oxygen atoms in total. The van der Waals surface area contributed by atoms with Gasteiger partial charge in [-0.2, -0.15) is 0 Å². The number of benzene rings is 3. The summed E-state index contributed by atoms with van der Waals surface area (Å²) < 4.78 is 13.4. The van der Waals surface area contributed by atoms with Crippen LogP contribution in [-0.4, -0.2) is 34.6 Å². The van der Waals surface area contributed by atoms with Crippen molar-refractivity contribution in [1.82, 2.24) is 10.2 Å². The second-order valence-corrected chi connectivity index (χ2v) is 11.0. The number of carbonyl (C=O) groups excluding carboxylic acids is 2. The minimum atomic E-state index is -0.270. The van der Waals surface area contributed by atoms with Crippen LogP contribution in [0.15, 0.2) is 83.8 Å². The molecular weight excluding hydrogens is 483 g/mol. The topological polar surface area (TPSA) is 49.4 Å². The zero-order valence-corrected chi connectivity index (χ0v) is 21.6. The average Bonchev–Trinajstić information content (AvgIpc) is 2.93. The number of halogens is 1. The van der Waals surface area contributed by atoms with Crippen LogP contribution in [-0.2, 0) is 17.8 Å². The van der Waals surface area contributed by atoms with Crippen LogP contribution in [0.4, 0.5) is 4.39 Å². The first-order valence-corrected chi connectivity index (χ1v) is 13.8. The fourth-order valence-corrected chi connectivity index (χ4v) is 6.57. The number of nitrogens with zero attached hydrogens (tertiary/aromatic N) is 1. The third-order valence-corrected chi connectivity index (χ3v) is 8.50. The van der Waals surface area contributed by atoms with Crippen LogP contribution in [0.25, 0.3) is 6.08 Å². The van der Waals surface area contributed by atoms with Crippen molar-refractivity contribution in [2.45, 2.75) is 49.9 Å². The smallest absolute Gasteiger partial charge is 0.260 e. The summed E-state index contributed by atoms with van der Waals surface area (Å²) in [5.41, 5.74) is 3.62. The lowest BCUT2D eigenvalue weighted by Crippen LogP contribution is -2.50. The standard InChI is InChI=1S/C31H31FN2O2S/c32-26-16-12-24(13-17-26)21-34-27-8-4-5-9-28(27)37-29(31(34)36)20-23-10-14-25(15-11-23)30(35)33-19-18-22-6-2-1-3-7-22/h1-3,6-7,10-17,20,27-28H,4-5,8-9,18-19,21H2,(H,33,35)/b29-20-. The molecule has 0 aromatic heterocycles. The second kappa shape index (κ2) is 11.8. The summed E-state index contributed by atoms with van der Waals surface area (Å²) in [6, 6.07) is 24.1. The Labute approximate surface area is 222 Å². The quantitative estimate of drug-likeness (QED) is 0.381. The molecule has 37 heavy (non-hydrogen) atoms. The summed E-state index contributed by atoms with van der Waals surface area (Å²) in [7, 11) is 0. The van der Waals surface area contributed by atoms with Crippen LogP contribution in [0.3, 0.4) is 0 Å². The van der Waals surface area contributed by atoms with Crippen molar-refractivity contribution < 1.29 is 14.0 Å². The lowest BCUT2D eigenvalue weighted by Gasteiger charge is -2.44. The lowest BCUT2D eigenvalue weighted by molar-refractivity contribution is -0.130. The molecule has 2 atom stereocenters. The third kappa shape index (κ3) is 6.31. The maximum Gasteiger partial charge on any atom is 0.260 e. The first-order valence-electron chi connectivity index (χ1n) is 12.9. The number of hydrogen-bond donors (Lipinski definition) is 1. The van der Waals surface area contributed by atoms with Crippen LogP contribution >= 0.6 is 11.8 Å². The largest absolute Gasteiger partial charge is 0.352 e. The van der Waals surface area contributed by atoms with E-state index in [1.165, 1.54) is 24.1 Å². The van der Waals surface area contributed by atoms with E-state index in [2.05, 4.69) is 17.4 Å². The van der Waals surface area contributed by atoms with Gasteiger partial charge in [0.2, 0.25) is 0 Å². The van der Waals surface area contributed by atoms with Gasteiger partial charge in [-0.15, -0.1) is 11.8 Å². The molecule has 0 radical (unpaired) electrons. The van der Waals surface area contributed by atoms with Gasteiger partial charge in [0.05, 0.1) is 4.91 Å². The molecule has 1 saturated heterocycles. The molecule has 190 valence electrons. The van der Waals surface area contributed by atoms with E-state index < -0.39 is 0 Å². The summed E-state index contributed by atoms with van der Waals surface area (Å²) in [5.74, 6) is -0.345. The molecule has 1 heterocycles. The van der Waals surface area contributed by atoms with Gasteiger partial charge in [-0.3, -0.25) is 9.59 Å². The Morgan fingerprint density at radius 3 is 2.43 bits per heavy atom. The van der Waals surface area contributed by atoms with Gasteiger partial charge in [0.1, 0.15) is 5.82 Å². The van der Waals surface area contributed by atoms with E-state index in [9.17, 15) is 14.0 Å². The van der Waals surface area contributed by atoms with E-state index in [4.69, 9.17) is 0 Å². The predicted octanol–water partition coefficient (Wildman–Crippen LogP) is 6.23. The summed E-state index contributed by atoms with van der Waals surface area (Å²) >= 11 is 1.69. The van der Waals surface area contributed by atoms with Gasteiger partial charge in [-0.05, 0) is 66.3 Å². The van der Waals surface area contributed by atoms with Crippen molar-refractivity contribution >= 4 is 29.7 Å². The fraction of sp³-hybridized carbons (Fsp3) is 0.290. The predicted molar refractivity (Wildman–Crippen MR) is 147 cm³/mol. The van der Waals surface area contributed by atoms with Gasteiger partial charge >= 0.3 is 0 Å². The van der Waals surface area contributed by atoms with E-state index in [0.717, 1.165) is 41.7 Å². The van der Waals surface area contributed by atoms with E-state index in [1.54, 1.807) is 23.9 Å². The molecule has 2 amide bonds. The maximum atomic E-state index is 13.6. The van der Waals surface area contributed by atoms with Crippen molar-refractivity contribution in [2.24, 2.45) is 0 Å². The average molecular weight is 515 g/mol. The number of thioether (sulfide) groups is 1. The minimum absolute atomic E-state index is 0.0280. The van der Waals surface area contributed by atoms with Crippen LogP contribution in [0.1, 0.15) is 52.7 Å². The molecule has 1 aliphatic heterocycles. The normalized spacial score (nSPS) is 20.5. The summed E-state index contributed by atoms with van der Waals surface area (Å²) in [6.45, 7) is 1.06. The number of fused-ring (bicyclic) bond motifs is 1. The summed E-state index contributed by atoms with van der Waals surface area (Å²) in [5, 5.41) is 3.34. The molecule has 2 aliphatic rings. The van der Waals surface area contributed by atoms with E-state index in [0.29, 0.717) is 23.9 Å². The Hall–Kier alpha value is -3.38. The van der Waals surface area contributed by atoms with Gasteiger partial charge in [-0.1, -0.05) is 67.4 Å². The highest BCUT2D eigenvalue weighted by molar-refractivity contribution is 8.04.